The Bertz CT molecular complexity index is 359. The zero-order valence-corrected chi connectivity index (χ0v) is 14.9. The summed E-state index contributed by atoms with van der Waals surface area (Å²) in [6.45, 7) is 11.6. The molecule has 1 aliphatic rings. The van der Waals surface area contributed by atoms with Crippen LogP contribution in [0.5, 0.6) is 0 Å². The van der Waals surface area contributed by atoms with Gasteiger partial charge in [0.2, 0.25) is 0 Å². The predicted molar refractivity (Wildman–Crippen MR) is 92.0 cm³/mol. The number of hydrogen-bond acceptors (Lipinski definition) is 3. The van der Waals surface area contributed by atoms with Crippen molar-refractivity contribution in [3.63, 3.8) is 0 Å². The lowest BCUT2D eigenvalue weighted by atomic mass is 9.78. The minimum Gasteiger partial charge on any atom is -0.444 e. The highest BCUT2D eigenvalue weighted by atomic mass is 16.6. The fourth-order valence-electron chi connectivity index (χ4n) is 3.05. The van der Waals surface area contributed by atoms with Crippen molar-refractivity contribution < 1.29 is 9.53 Å². The minimum atomic E-state index is -0.442. The van der Waals surface area contributed by atoms with E-state index in [1.54, 1.807) is 0 Å². The highest BCUT2D eigenvalue weighted by Gasteiger charge is 2.26. The Balaban J connectivity index is 2.19. The summed E-state index contributed by atoms with van der Waals surface area (Å²) in [5, 5.41) is 6.38. The van der Waals surface area contributed by atoms with Crippen molar-refractivity contribution in [2.24, 2.45) is 11.8 Å². The zero-order chi connectivity index (χ0) is 16.6. The van der Waals surface area contributed by atoms with Gasteiger partial charge in [0, 0.05) is 19.1 Å². The van der Waals surface area contributed by atoms with Gasteiger partial charge in [-0.3, -0.25) is 0 Å². The van der Waals surface area contributed by atoms with E-state index < -0.39 is 5.60 Å². The zero-order valence-electron chi connectivity index (χ0n) is 14.9. The predicted octanol–water partition coefficient (Wildman–Crippen LogP) is 3.87. The van der Waals surface area contributed by atoms with Gasteiger partial charge < -0.3 is 15.4 Å². The molecule has 0 bridgehead atoms. The lowest BCUT2D eigenvalue weighted by molar-refractivity contribution is 0.0534. The van der Waals surface area contributed by atoms with Crippen LogP contribution in [0.4, 0.5) is 4.79 Å². The van der Waals surface area contributed by atoms with Gasteiger partial charge >= 0.3 is 6.09 Å². The number of ether oxygens (including phenoxy) is 1. The van der Waals surface area contributed by atoms with Gasteiger partial charge in [0.1, 0.15) is 5.60 Å². The first-order valence-electron chi connectivity index (χ1n) is 8.65. The summed E-state index contributed by atoms with van der Waals surface area (Å²) in [5.41, 5.74) is -0.442. The third-order valence-corrected chi connectivity index (χ3v) is 4.10. The molecule has 1 rings (SSSR count). The number of rotatable bonds is 6. The van der Waals surface area contributed by atoms with Gasteiger partial charge in [0.25, 0.3) is 0 Å². The summed E-state index contributed by atoms with van der Waals surface area (Å²) in [6, 6.07) is 0.636. The standard InChI is InChI=1S/C18H34N2O2/c1-14(2)15-10-6-7-11-16(15)19-12-8-9-13-20-17(21)22-18(3,4)5/h8-9,14-16,19H,6-7,10-13H2,1-5H3,(H,20,21)/b9-8+. The molecule has 0 radical (unpaired) electrons. The number of alkyl carbamates (subject to hydrolysis) is 1. The maximum atomic E-state index is 11.5. The Kier molecular flexibility index (Phi) is 7.94. The van der Waals surface area contributed by atoms with Crippen LogP contribution in [0.1, 0.15) is 60.3 Å². The second-order valence-corrected chi connectivity index (χ2v) is 7.56. The molecule has 0 aliphatic heterocycles. The highest BCUT2D eigenvalue weighted by Crippen LogP contribution is 2.29. The van der Waals surface area contributed by atoms with Crippen LogP contribution in [0.2, 0.25) is 0 Å². The van der Waals surface area contributed by atoms with Crippen molar-refractivity contribution >= 4 is 6.09 Å². The summed E-state index contributed by atoms with van der Waals surface area (Å²) in [4.78, 5) is 11.5. The van der Waals surface area contributed by atoms with Gasteiger partial charge in [0.15, 0.2) is 0 Å². The molecule has 2 N–H and O–H groups in total. The third-order valence-electron chi connectivity index (χ3n) is 4.10. The normalized spacial score (nSPS) is 23.0. The molecule has 0 aromatic rings. The quantitative estimate of drug-likeness (QED) is 0.732. The fraction of sp³-hybridized carbons (Fsp3) is 0.833. The van der Waals surface area contributed by atoms with Crippen molar-refractivity contribution in [2.75, 3.05) is 13.1 Å². The summed E-state index contributed by atoms with van der Waals surface area (Å²) in [7, 11) is 0. The Hall–Kier alpha value is -1.03. The summed E-state index contributed by atoms with van der Waals surface area (Å²) in [5.74, 6) is 1.54. The summed E-state index contributed by atoms with van der Waals surface area (Å²) < 4.78 is 5.18. The van der Waals surface area contributed by atoms with Crippen molar-refractivity contribution in [1.29, 1.82) is 0 Å². The molecule has 128 valence electrons. The molecule has 4 heteroatoms. The molecule has 0 aromatic heterocycles. The van der Waals surface area contributed by atoms with Crippen molar-refractivity contribution in [3.8, 4) is 0 Å². The number of carbonyl (C=O) groups excluding carboxylic acids is 1. The lowest BCUT2D eigenvalue weighted by Crippen LogP contribution is -2.40. The van der Waals surface area contributed by atoms with Crippen LogP contribution in [0.15, 0.2) is 12.2 Å². The van der Waals surface area contributed by atoms with E-state index in [2.05, 4.69) is 30.6 Å². The molecule has 0 heterocycles. The SMILES string of the molecule is CC(C)C1CCCCC1NC/C=C/CNC(=O)OC(C)(C)C. The second kappa shape index (κ2) is 9.19. The molecule has 0 spiro atoms. The molecule has 0 aromatic carbocycles. The Labute approximate surface area is 136 Å². The number of nitrogens with one attached hydrogen (secondary N) is 2. The van der Waals surface area contributed by atoms with E-state index in [-0.39, 0.29) is 6.09 Å². The number of amides is 1. The average Bonchev–Trinajstić information content (AvgIpc) is 2.41. The second-order valence-electron chi connectivity index (χ2n) is 7.56. The van der Waals surface area contributed by atoms with E-state index in [1.165, 1.54) is 25.7 Å². The molecule has 0 saturated heterocycles. The molecular weight excluding hydrogens is 276 g/mol. The van der Waals surface area contributed by atoms with Crippen LogP contribution in [0.3, 0.4) is 0 Å². The monoisotopic (exact) mass is 310 g/mol. The maximum absolute atomic E-state index is 11.5. The van der Waals surface area contributed by atoms with Crippen molar-refractivity contribution in [3.05, 3.63) is 12.2 Å². The summed E-state index contributed by atoms with van der Waals surface area (Å²) >= 11 is 0. The maximum Gasteiger partial charge on any atom is 0.407 e. The molecule has 2 atom stereocenters. The molecule has 4 nitrogen and oxygen atoms in total. The van der Waals surface area contributed by atoms with Crippen molar-refractivity contribution in [2.45, 2.75) is 71.9 Å². The largest absolute Gasteiger partial charge is 0.444 e. The van der Waals surface area contributed by atoms with Gasteiger partial charge in [-0.25, -0.2) is 4.79 Å². The first kappa shape index (κ1) is 19.0. The minimum absolute atomic E-state index is 0.364. The van der Waals surface area contributed by atoms with Crippen LogP contribution in [-0.2, 0) is 4.74 Å². The van der Waals surface area contributed by atoms with Crippen LogP contribution >= 0.6 is 0 Å². The Morgan fingerprint density at radius 3 is 2.45 bits per heavy atom. The molecule has 22 heavy (non-hydrogen) atoms. The number of hydrogen-bond donors (Lipinski definition) is 2. The van der Waals surface area contributed by atoms with E-state index in [0.717, 1.165) is 18.4 Å². The molecule has 1 fully saturated rings. The van der Waals surface area contributed by atoms with E-state index in [4.69, 9.17) is 4.74 Å². The number of carbonyl (C=O) groups is 1. The van der Waals surface area contributed by atoms with Gasteiger partial charge in [-0.05, 0) is 45.4 Å². The first-order chi connectivity index (χ1) is 10.3. The van der Waals surface area contributed by atoms with Crippen LogP contribution in [-0.4, -0.2) is 30.8 Å². The molecule has 1 aliphatic carbocycles. The lowest BCUT2D eigenvalue weighted by Gasteiger charge is -2.34. The summed E-state index contributed by atoms with van der Waals surface area (Å²) in [6.07, 6.45) is 9.04. The van der Waals surface area contributed by atoms with E-state index in [0.29, 0.717) is 12.6 Å². The van der Waals surface area contributed by atoms with Crippen LogP contribution < -0.4 is 10.6 Å². The van der Waals surface area contributed by atoms with Gasteiger partial charge in [-0.15, -0.1) is 0 Å². The molecule has 1 saturated carbocycles. The van der Waals surface area contributed by atoms with Gasteiger partial charge in [0.05, 0.1) is 0 Å². The molecule has 1 amide bonds. The van der Waals surface area contributed by atoms with Crippen molar-refractivity contribution in [1.82, 2.24) is 10.6 Å². The Morgan fingerprint density at radius 1 is 1.18 bits per heavy atom. The fourth-order valence-corrected chi connectivity index (χ4v) is 3.05. The van der Waals surface area contributed by atoms with Crippen LogP contribution in [0.25, 0.3) is 0 Å². The highest BCUT2D eigenvalue weighted by molar-refractivity contribution is 5.67. The average molecular weight is 310 g/mol. The first-order valence-corrected chi connectivity index (χ1v) is 8.65. The molecular formula is C18H34N2O2. The topological polar surface area (TPSA) is 50.4 Å². The Morgan fingerprint density at radius 2 is 1.82 bits per heavy atom. The van der Waals surface area contributed by atoms with E-state index in [1.807, 2.05) is 26.8 Å². The third kappa shape index (κ3) is 7.83. The van der Waals surface area contributed by atoms with Crippen LogP contribution in [0, 0.1) is 11.8 Å². The molecule has 2 unspecified atom stereocenters. The van der Waals surface area contributed by atoms with Gasteiger partial charge in [-0.1, -0.05) is 38.8 Å². The van der Waals surface area contributed by atoms with E-state index in [9.17, 15) is 4.79 Å². The smallest absolute Gasteiger partial charge is 0.407 e. The van der Waals surface area contributed by atoms with E-state index >= 15 is 0 Å². The van der Waals surface area contributed by atoms with Gasteiger partial charge in [-0.2, -0.15) is 0 Å².